The number of aromatic amines is 1. The summed E-state index contributed by atoms with van der Waals surface area (Å²) in [5, 5.41) is 18.6. The van der Waals surface area contributed by atoms with Crippen LogP contribution in [0.1, 0.15) is 21.5 Å². The minimum absolute atomic E-state index is 0.155. The number of carbonyl (C=O) groups is 1. The second kappa shape index (κ2) is 7.26. The molecule has 2 aromatic carbocycles. The molecule has 0 bridgehead atoms. The number of imidazole rings is 1. The fourth-order valence-electron chi connectivity index (χ4n) is 2.86. The first-order chi connectivity index (χ1) is 13.9. The monoisotopic (exact) mass is 404 g/mol. The van der Waals surface area contributed by atoms with Crippen LogP contribution in [-0.2, 0) is 0 Å². The molecule has 0 atom stereocenters. The summed E-state index contributed by atoms with van der Waals surface area (Å²) >= 11 is 6.37. The van der Waals surface area contributed by atoms with Gasteiger partial charge in [0.1, 0.15) is 5.75 Å². The zero-order chi connectivity index (χ0) is 20.5. The van der Waals surface area contributed by atoms with Crippen LogP contribution in [0, 0.1) is 18.3 Å². The summed E-state index contributed by atoms with van der Waals surface area (Å²) in [6.07, 6.45) is 0. The summed E-state index contributed by atoms with van der Waals surface area (Å²) in [4.78, 5) is 23.1. The summed E-state index contributed by atoms with van der Waals surface area (Å²) in [7, 11) is 0. The quantitative estimate of drug-likeness (QED) is 0.497. The van der Waals surface area contributed by atoms with Crippen LogP contribution in [0.3, 0.4) is 0 Å². The van der Waals surface area contributed by atoms with Crippen molar-refractivity contribution in [1.29, 1.82) is 5.26 Å². The second-order valence-electron chi connectivity index (χ2n) is 6.31. The number of rotatable bonds is 4. The van der Waals surface area contributed by atoms with Crippen LogP contribution in [0.4, 0.5) is 0 Å². The number of nitrogens with zero attached hydrogens (tertiary/aromatic N) is 3. The first-order valence-corrected chi connectivity index (χ1v) is 8.91. The minimum atomic E-state index is -1.03. The predicted octanol–water partition coefficient (Wildman–Crippen LogP) is 4.95. The number of hydrogen-bond acceptors (Lipinski definition) is 5. The largest absolute Gasteiger partial charge is 0.478 e. The number of nitrogens with one attached hydrogen (secondary N) is 1. The SMILES string of the molecule is Cc1ccc(Oc2nc3nc(-c4ccc(C#N)cc4)c(Cl)cc3[nH]2)cc1C(=O)O. The van der Waals surface area contributed by atoms with Gasteiger partial charge in [0.15, 0.2) is 5.65 Å². The lowest BCUT2D eigenvalue weighted by Gasteiger charge is -2.05. The van der Waals surface area contributed by atoms with Gasteiger partial charge < -0.3 is 14.8 Å². The second-order valence-corrected chi connectivity index (χ2v) is 6.71. The Morgan fingerprint density at radius 3 is 2.62 bits per heavy atom. The van der Waals surface area contributed by atoms with Crippen molar-refractivity contribution in [1.82, 2.24) is 15.0 Å². The Bertz CT molecular complexity index is 1290. The third-order valence-electron chi connectivity index (χ3n) is 4.35. The number of hydrogen-bond donors (Lipinski definition) is 2. The molecule has 0 saturated heterocycles. The molecule has 0 aliphatic carbocycles. The van der Waals surface area contributed by atoms with Gasteiger partial charge in [0.25, 0.3) is 0 Å². The Labute approximate surface area is 170 Å². The molecule has 8 heteroatoms. The molecule has 0 amide bonds. The van der Waals surface area contributed by atoms with Gasteiger partial charge in [-0.25, -0.2) is 9.78 Å². The number of aromatic nitrogens is 3. The summed E-state index contributed by atoms with van der Waals surface area (Å²) < 4.78 is 5.68. The minimum Gasteiger partial charge on any atom is -0.478 e. The lowest BCUT2D eigenvalue weighted by atomic mass is 10.1. The van der Waals surface area contributed by atoms with Crippen LogP contribution < -0.4 is 4.74 Å². The van der Waals surface area contributed by atoms with Crippen molar-refractivity contribution in [2.45, 2.75) is 6.92 Å². The molecular formula is C21H13ClN4O3. The maximum atomic E-state index is 11.3. The van der Waals surface area contributed by atoms with Crippen LogP contribution in [0.15, 0.2) is 48.5 Å². The van der Waals surface area contributed by atoms with Crippen molar-refractivity contribution in [2.24, 2.45) is 0 Å². The van der Waals surface area contributed by atoms with Crippen molar-refractivity contribution >= 4 is 28.7 Å². The average molecular weight is 405 g/mol. The van der Waals surface area contributed by atoms with Gasteiger partial charge in [-0.1, -0.05) is 29.8 Å². The molecule has 4 rings (SSSR count). The Kier molecular flexibility index (Phi) is 4.63. The first kappa shape index (κ1) is 18.5. The molecule has 2 aromatic heterocycles. The molecule has 0 aliphatic heterocycles. The number of fused-ring (bicyclic) bond motifs is 1. The highest BCUT2D eigenvalue weighted by molar-refractivity contribution is 6.33. The van der Waals surface area contributed by atoms with Gasteiger partial charge in [-0.05, 0) is 42.8 Å². The van der Waals surface area contributed by atoms with Gasteiger partial charge in [0.05, 0.1) is 33.4 Å². The number of benzene rings is 2. The molecule has 7 nitrogen and oxygen atoms in total. The molecule has 0 saturated carbocycles. The zero-order valence-electron chi connectivity index (χ0n) is 15.1. The van der Waals surface area contributed by atoms with Crippen LogP contribution in [0.2, 0.25) is 5.02 Å². The van der Waals surface area contributed by atoms with Gasteiger partial charge in [-0.3, -0.25) is 0 Å². The number of carboxylic acids is 1. The van der Waals surface area contributed by atoms with E-state index in [4.69, 9.17) is 21.6 Å². The molecule has 0 spiro atoms. The number of ether oxygens (including phenoxy) is 1. The Balaban J connectivity index is 1.69. The van der Waals surface area contributed by atoms with E-state index >= 15 is 0 Å². The summed E-state index contributed by atoms with van der Waals surface area (Å²) in [6, 6.07) is 15.6. The molecule has 0 aliphatic rings. The number of H-pyrrole nitrogens is 1. The molecule has 0 radical (unpaired) electrons. The van der Waals surface area contributed by atoms with Gasteiger partial charge in [0.2, 0.25) is 0 Å². The number of carboxylic acid groups (broad SMARTS) is 1. The number of halogens is 1. The van der Waals surface area contributed by atoms with E-state index in [-0.39, 0.29) is 11.6 Å². The third kappa shape index (κ3) is 3.61. The van der Waals surface area contributed by atoms with Crippen LogP contribution in [0.25, 0.3) is 22.4 Å². The van der Waals surface area contributed by atoms with Crippen molar-refractivity contribution in [2.75, 3.05) is 0 Å². The number of aryl methyl sites for hydroxylation is 1. The normalized spacial score (nSPS) is 10.7. The van der Waals surface area contributed by atoms with Crippen LogP contribution in [-0.4, -0.2) is 26.0 Å². The van der Waals surface area contributed by atoms with Crippen molar-refractivity contribution < 1.29 is 14.6 Å². The van der Waals surface area contributed by atoms with Gasteiger partial charge >= 0.3 is 12.0 Å². The lowest BCUT2D eigenvalue weighted by Crippen LogP contribution is -2.00. The summed E-state index contributed by atoms with van der Waals surface area (Å²) in [6.45, 7) is 1.71. The molecule has 2 heterocycles. The zero-order valence-corrected chi connectivity index (χ0v) is 15.9. The van der Waals surface area contributed by atoms with E-state index in [9.17, 15) is 9.90 Å². The van der Waals surface area contributed by atoms with E-state index in [1.165, 1.54) is 6.07 Å². The van der Waals surface area contributed by atoms with E-state index in [0.29, 0.717) is 38.8 Å². The van der Waals surface area contributed by atoms with Crippen LogP contribution >= 0.6 is 11.6 Å². The molecule has 142 valence electrons. The number of nitriles is 1. The molecular weight excluding hydrogens is 392 g/mol. The summed E-state index contributed by atoms with van der Waals surface area (Å²) in [5.41, 5.74) is 3.59. The van der Waals surface area contributed by atoms with Crippen molar-refractivity contribution in [3.8, 4) is 29.1 Å². The molecule has 0 fully saturated rings. The predicted molar refractivity (Wildman–Crippen MR) is 107 cm³/mol. The number of aromatic carboxylic acids is 1. The smallest absolute Gasteiger partial charge is 0.336 e. The molecule has 2 N–H and O–H groups in total. The van der Waals surface area contributed by atoms with E-state index in [0.717, 1.165) is 5.56 Å². The highest BCUT2D eigenvalue weighted by Crippen LogP contribution is 2.30. The topological polar surface area (TPSA) is 112 Å². The fraction of sp³-hybridized carbons (Fsp3) is 0.0476. The maximum Gasteiger partial charge on any atom is 0.336 e. The van der Waals surface area contributed by atoms with Gasteiger partial charge in [-0.2, -0.15) is 10.2 Å². The molecule has 4 aromatic rings. The average Bonchev–Trinajstić information content (AvgIpc) is 3.09. The summed E-state index contributed by atoms with van der Waals surface area (Å²) in [5.74, 6) is -0.691. The van der Waals surface area contributed by atoms with E-state index in [2.05, 4.69) is 21.0 Å². The van der Waals surface area contributed by atoms with E-state index < -0.39 is 5.97 Å². The van der Waals surface area contributed by atoms with Gasteiger partial charge in [-0.15, -0.1) is 0 Å². The highest BCUT2D eigenvalue weighted by Gasteiger charge is 2.14. The Morgan fingerprint density at radius 2 is 1.93 bits per heavy atom. The third-order valence-corrected chi connectivity index (χ3v) is 4.63. The first-order valence-electron chi connectivity index (χ1n) is 8.53. The van der Waals surface area contributed by atoms with Gasteiger partial charge in [0, 0.05) is 5.56 Å². The van der Waals surface area contributed by atoms with E-state index in [1.807, 2.05) is 0 Å². The highest BCUT2D eigenvalue weighted by atomic mass is 35.5. The van der Waals surface area contributed by atoms with Crippen molar-refractivity contribution in [3.05, 3.63) is 70.2 Å². The Morgan fingerprint density at radius 1 is 1.17 bits per heavy atom. The Hall–Kier alpha value is -3.89. The van der Waals surface area contributed by atoms with Crippen LogP contribution in [0.5, 0.6) is 11.8 Å². The number of pyridine rings is 1. The molecule has 0 unspecified atom stereocenters. The maximum absolute atomic E-state index is 11.3. The molecule has 29 heavy (non-hydrogen) atoms. The van der Waals surface area contributed by atoms with Crippen molar-refractivity contribution in [3.63, 3.8) is 0 Å². The lowest BCUT2D eigenvalue weighted by molar-refractivity contribution is 0.0695. The van der Waals surface area contributed by atoms with E-state index in [1.54, 1.807) is 49.4 Å². The standard InChI is InChI=1S/C21H13ClN4O3/c1-11-2-7-14(8-15(11)20(27)28)29-21-24-17-9-16(22)18(25-19(17)26-21)13-5-3-12(10-23)4-6-13/h2-9H,1H3,(H,27,28)(H,24,25,26). The fourth-order valence-corrected chi connectivity index (χ4v) is 3.12.